The fourth-order valence-electron chi connectivity index (χ4n) is 2.13. The third-order valence-electron chi connectivity index (χ3n) is 3.14. The van der Waals surface area contributed by atoms with Gasteiger partial charge in [0.05, 0.1) is 6.04 Å². The first-order chi connectivity index (χ1) is 9.66. The Hall–Kier alpha value is -2.29. The van der Waals surface area contributed by atoms with Gasteiger partial charge in [-0.2, -0.15) is 0 Å². The first-order valence-electron chi connectivity index (χ1n) is 6.84. The van der Waals surface area contributed by atoms with Crippen LogP contribution in [0.3, 0.4) is 0 Å². The van der Waals surface area contributed by atoms with Gasteiger partial charge in [0.15, 0.2) is 0 Å². The van der Waals surface area contributed by atoms with Crippen molar-refractivity contribution < 1.29 is 4.79 Å². The van der Waals surface area contributed by atoms with Crippen LogP contribution in [0.2, 0.25) is 0 Å². The molecule has 3 heteroatoms. The number of para-hydroxylation sites is 1. The summed E-state index contributed by atoms with van der Waals surface area (Å²) >= 11 is 0. The number of rotatable bonds is 4. The molecule has 3 nitrogen and oxygen atoms in total. The van der Waals surface area contributed by atoms with E-state index in [-0.39, 0.29) is 12.1 Å². The van der Waals surface area contributed by atoms with Crippen molar-refractivity contribution in [2.24, 2.45) is 5.92 Å². The van der Waals surface area contributed by atoms with Crippen molar-refractivity contribution in [3.05, 3.63) is 66.2 Å². The molecule has 0 aliphatic carbocycles. The molecular weight excluding hydrogens is 248 g/mol. The summed E-state index contributed by atoms with van der Waals surface area (Å²) in [5.41, 5.74) is 1.91. The molecule has 0 saturated heterocycles. The van der Waals surface area contributed by atoms with Gasteiger partial charge >= 0.3 is 6.03 Å². The molecule has 2 N–H and O–H groups in total. The Labute approximate surface area is 120 Å². The zero-order valence-corrected chi connectivity index (χ0v) is 11.8. The molecule has 20 heavy (non-hydrogen) atoms. The van der Waals surface area contributed by atoms with Crippen LogP contribution >= 0.6 is 0 Å². The van der Waals surface area contributed by atoms with Crippen LogP contribution in [-0.4, -0.2) is 6.03 Å². The van der Waals surface area contributed by atoms with Gasteiger partial charge in [0.25, 0.3) is 0 Å². The predicted molar refractivity (Wildman–Crippen MR) is 82.6 cm³/mol. The number of hydrogen-bond donors (Lipinski definition) is 2. The molecule has 0 aliphatic rings. The fourth-order valence-corrected chi connectivity index (χ4v) is 2.13. The SMILES string of the molecule is CC(C)[C@@H](NC(=O)Nc1ccccc1)c1ccccc1. The van der Waals surface area contributed by atoms with Crippen LogP contribution in [0.1, 0.15) is 25.5 Å². The zero-order valence-electron chi connectivity index (χ0n) is 11.8. The lowest BCUT2D eigenvalue weighted by atomic mass is 9.96. The second-order valence-electron chi connectivity index (χ2n) is 5.10. The molecule has 0 aromatic heterocycles. The van der Waals surface area contributed by atoms with Crippen LogP contribution in [0.4, 0.5) is 10.5 Å². The summed E-state index contributed by atoms with van der Waals surface area (Å²) in [6.07, 6.45) is 0. The summed E-state index contributed by atoms with van der Waals surface area (Å²) in [5, 5.41) is 5.88. The van der Waals surface area contributed by atoms with Crippen molar-refractivity contribution in [3.63, 3.8) is 0 Å². The Balaban J connectivity index is 2.04. The van der Waals surface area contributed by atoms with Gasteiger partial charge in [-0.25, -0.2) is 4.79 Å². The minimum absolute atomic E-state index is 0.0000813. The zero-order chi connectivity index (χ0) is 14.4. The largest absolute Gasteiger partial charge is 0.331 e. The topological polar surface area (TPSA) is 41.1 Å². The van der Waals surface area contributed by atoms with Crippen LogP contribution in [0.15, 0.2) is 60.7 Å². The lowest BCUT2D eigenvalue weighted by Crippen LogP contribution is -2.35. The Kier molecular flexibility index (Phi) is 4.77. The maximum Gasteiger partial charge on any atom is 0.319 e. The number of hydrogen-bond acceptors (Lipinski definition) is 1. The molecule has 0 unspecified atom stereocenters. The third kappa shape index (κ3) is 3.85. The van der Waals surface area contributed by atoms with Gasteiger partial charge in [-0.1, -0.05) is 62.4 Å². The summed E-state index contributed by atoms with van der Waals surface area (Å²) in [6.45, 7) is 4.20. The highest BCUT2D eigenvalue weighted by atomic mass is 16.2. The first kappa shape index (κ1) is 14.1. The van der Waals surface area contributed by atoms with Gasteiger partial charge in [0, 0.05) is 5.69 Å². The van der Waals surface area contributed by atoms with E-state index in [0.29, 0.717) is 5.92 Å². The monoisotopic (exact) mass is 268 g/mol. The van der Waals surface area contributed by atoms with Gasteiger partial charge in [-0.05, 0) is 23.6 Å². The lowest BCUT2D eigenvalue weighted by molar-refractivity contribution is 0.244. The van der Waals surface area contributed by atoms with Gasteiger partial charge in [-0.3, -0.25) is 0 Å². The summed E-state index contributed by atoms with van der Waals surface area (Å²) in [4.78, 5) is 12.1. The molecule has 0 aliphatic heterocycles. The predicted octanol–water partition coefficient (Wildman–Crippen LogP) is 4.21. The normalized spacial score (nSPS) is 11.9. The van der Waals surface area contributed by atoms with Gasteiger partial charge in [0.1, 0.15) is 0 Å². The first-order valence-corrected chi connectivity index (χ1v) is 6.84. The molecule has 2 aromatic carbocycles. The Morgan fingerprint density at radius 3 is 2.00 bits per heavy atom. The van der Waals surface area contributed by atoms with E-state index in [9.17, 15) is 4.79 Å². The van der Waals surface area contributed by atoms with Crippen LogP contribution < -0.4 is 10.6 Å². The highest BCUT2D eigenvalue weighted by Crippen LogP contribution is 2.21. The van der Waals surface area contributed by atoms with E-state index >= 15 is 0 Å². The standard InChI is InChI=1S/C17H20N2O/c1-13(2)16(14-9-5-3-6-10-14)19-17(20)18-15-11-7-4-8-12-15/h3-13,16H,1-2H3,(H2,18,19,20)/t16-/m1/s1. The van der Waals surface area contributed by atoms with Gasteiger partial charge in [0.2, 0.25) is 0 Å². The molecule has 2 amide bonds. The molecule has 0 radical (unpaired) electrons. The van der Waals surface area contributed by atoms with Crippen molar-refractivity contribution in [1.82, 2.24) is 5.32 Å². The number of carbonyl (C=O) groups is 1. The molecule has 0 spiro atoms. The fraction of sp³-hybridized carbons (Fsp3) is 0.235. The van der Waals surface area contributed by atoms with Crippen LogP contribution in [0, 0.1) is 5.92 Å². The van der Waals surface area contributed by atoms with E-state index in [0.717, 1.165) is 11.3 Å². The molecule has 0 fully saturated rings. The van der Waals surface area contributed by atoms with E-state index < -0.39 is 0 Å². The summed E-state index contributed by atoms with van der Waals surface area (Å²) in [6, 6.07) is 19.3. The molecule has 104 valence electrons. The molecule has 1 atom stereocenters. The highest BCUT2D eigenvalue weighted by molar-refractivity contribution is 5.89. The molecule has 2 aromatic rings. The Morgan fingerprint density at radius 2 is 1.45 bits per heavy atom. The van der Waals surface area contributed by atoms with Crippen LogP contribution in [0.25, 0.3) is 0 Å². The molecule has 0 heterocycles. The van der Waals surface area contributed by atoms with Gasteiger partial charge in [-0.15, -0.1) is 0 Å². The molecular formula is C17H20N2O. The van der Waals surface area contributed by atoms with E-state index in [1.807, 2.05) is 60.7 Å². The summed E-state index contributed by atoms with van der Waals surface area (Å²) < 4.78 is 0. The van der Waals surface area contributed by atoms with E-state index in [4.69, 9.17) is 0 Å². The number of amides is 2. The Morgan fingerprint density at radius 1 is 0.900 bits per heavy atom. The van der Waals surface area contributed by atoms with Gasteiger partial charge < -0.3 is 10.6 Å². The van der Waals surface area contributed by atoms with E-state index in [1.165, 1.54) is 0 Å². The summed E-state index contributed by atoms with van der Waals surface area (Å²) in [5.74, 6) is 0.318. The number of nitrogens with one attached hydrogen (secondary N) is 2. The molecule has 0 saturated carbocycles. The smallest absolute Gasteiger partial charge is 0.319 e. The van der Waals surface area contributed by atoms with Crippen molar-refractivity contribution in [2.45, 2.75) is 19.9 Å². The second-order valence-corrected chi connectivity index (χ2v) is 5.10. The number of anilines is 1. The van der Waals surface area contributed by atoms with Crippen molar-refractivity contribution >= 4 is 11.7 Å². The van der Waals surface area contributed by atoms with Crippen molar-refractivity contribution in [2.75, 3.05) is 5.32 Å². The maximum absolute atomic E-state index is 12.1. The summed E-state index contributed by atoms with van der Waals surface area (Å²) in [7, 11) is 0. The molecule has 2 rings (SSSR count). The van der Waals surface area contributed by atoms with Crippen LogP contribution in [-0.2, 0) is 0 Å². The molecule has 0 bridgehead atoms. The number of benzene rings is 2. The second kappa shape index (κ2) is 6.75. The minimum Gasteiger partial charge on any atom is -0.331 e. The maximum atomic E-state index is 12.1. The van der Waals surface area contributed by atoms with Crippen molar-refractivity contribution in [3.8, 4) is 0 Å². The minimum atomic E-state index is -0.182. The van der Waals surface area contributed by atoms with Crippen LogP contribution in [0.5, 0.6) is 0 Å². The van der Waals surface area contributed by atoms with E-state index in [1.54, 1.807) is 0 Å². The lowest BCUT2D eigenvalue weighted by Gasteiger charge is -2.23. The third-order valence-corrected chi connectivity index (χ3v) is 3.14. The average Bonchev–Trinajstić information content (AvgIpc) is 2.46. The van der Waals surface area contributed by atoms with E-state index in [2.05, 4.69) is 24.5 Å². The van der Waals surface area contributed by atoms with Crippen molar-refractivity contribution in [1.29, 1.82) is 0 Å². The number of urea groups is 1. The average molecular weight is 268 g/mol. The number of carbonyl (C=O) groups excluding carboxylic acids is 1. The Bertz CT molecular complexity index is 537. The highest BCUT2D eigenvalue weighted by Gasteiger charge is 2.17. The quantitative estimate of drug-likeness (QED) is 0.857.